The third-order valence-electron chi connectivity index (χ3n) is 8.54. The third-order valence-corrected chi connectivity index (χ3v) is 9.87. The van der Waals surface area contributed by atoms with Crippen molar-refractivity contribution < 1.29 is 27.5 Å². The molecule has 2 aromatic carbocycles. The zero-order valence-corrected chi connectivity index (χ0v) is 27.9. The Morgan fingerprint density at radius 1 is 1.07 bits per heavy atom. The molecule has 4 bridgehead atoms. The summed E-state index contributed by atoms with van der Waals surface area (Å²) in [6.45, 7) is 10.4. The summed E-state index contributed by atoms with van der Waals surface area (Å²) in [5.74, 6) is 0.0675. The summed E-state index contributed by atoms with van der Waals surface area (Å²) in [5, 5.41) is 2.93. The molecule has 1 fully saturated rings. The number of hydrogen-bond donors (Lipinski definition) is 2. The van der Waals surface area contributed by atoms with Gasteiger partial charge in [-0.3, -0.25) is 4.79 Å². The normalized spacial score (nSPS) is 21.2. The number of sulfonamides is 1. The predicted octanol–water partition coefficient (Wildman–Crippen LogP) is 5.87. The van der Waals surface area contributed by atoms with Gasteiger partial charge in [0.1, 0.15) is 6.61 Å². The van der Waals surface area contributed by atoms with E-state index in [0.717, 1.165) is 16.7 Å². The zero-order valence-electron chi connectivity index (χ0n) is 27.1. The van der Waals surface area contributed by atoms with Crippen LogP contribution in [-0.4, -0.2) is 66.6 Å². The van der Waals surface area contributed by atoms with E-state index in [9.17, 15) is 18.0 Å². The van der Waals surface area contributed by atoms with E-state index in [1.54, 1.807) is 25.1 Å². The number of carbonyl (C=O) groups excluding carboxylic acids is 2. The Morgan fingerprint density at radius 3 is 2.43 bits per heavy atom. The Hall–Kier alpha value is -4.19. The van der Waals surface area contributed by atoms with Gasteiger partial charge >= 0.3 is 6.09 Å². The van der Waals surface area contributed by atoms with Crippen LogP contribution in [0.5, 0.6) is 5.88 Å². The highest BCUT2D eigenvalue weighted by Gasteiger charge is 2.36. The first-order valence-electron chi connectivity index (χ1n) is 15.9. The third kappa shape index (κ3) is 7.60. The van der Waals surface area contributed by atoms with Crippen LogP contribution in [0, 0.1) is 19.8 Å². The Bertz CT molecular complexity index is 1670. The molecule has 0 radical (unpaired) electrons. The summed E-state index contributed by atoms with van der Waals surface area (Å²) in [5.41, 5.74) is 3.62. The van der Waals surface area contributed by atoms with E-state index in [1.807, 2.05) is 36.9 Å². The van der Waals surface area contributed by atoms with Crippen LogP contribution in [0.1, 0.15) is 74.4 Å². The van der Waals surface area contributed by atoms with Crippen LogP contribution in [-0.2, 0) is 14.8 Å². The number of anilines is 1. The van der Waals surface area contributed by atoms with Crippen molar-refractivity contribution in [3.05, 3.63) is 65.2 Å². The lowest BCUT2D eigenvalue weighted by atomic mass is 9.88. The van der Waals surface area contributed by atoms with Gasteiger partial charge in [-0.05, 0) is 88.1 Å². The van der Waals surface area contributed by atoms with E-state index >= 15 is 0 Å². The minimum Gasteiger partial charge on any atom is -0.475 e. The first-order chi connectivity index (χ1) is 21.9. The molecule has 2 aliphatic rings. The number of fused-ring (bicyclic) bond motifs is 4. The number of amides is 2. The molecule has 5 rings (SSSR count). The SMILES string of the molecule is CCOC(=O)N[C@H]1CC[C@H](N2C(=O)c3cccc(c3)S(=O)(=O)Nc3nc(cc(-c4c(C)cccc4C)n3)OC[C@H]2CC(C)C)CC1. The molecule has 246 valence electrons. The number of hydrogen-bond acceptors (Lipinski definition) is 8. The van der Waals surface area contributed by atoms with Crippen LogP contribution < -0.4 is 14.8 Å². The molecule has 46 heavy (non-hydrogen) atoms. The smallest absolute Gasteiger partial charge is 0.407 e. The lowest BCUT2D eigenvalue weighted by Gasteiger charge is -2.42. The molecule has 2 heterocycles. The molecular weight excluding hydrogens is 606 g/mol. The number of carbonyl (C=O) groups is 2. The summed E-state index contributed by atoms with van der Waals surface area (Å²) in [6, 6.07) is 13.2. The number of ether oxygens (including phenoxy) is 2. The van der Waals surface area contributed by atoms with E-state index in [-0.39, 0.29) is 58.8 Å². The van der Waals surface area contributed by atoms with Crippen molar-refractivity contribution in [2.75, 3.05) is 17.9 Å². The van der Waals surface area contributed by atoms with Crippen LogP contribution in [0.3, 0.4) is 0 Å². The van der Waals surface area contributed by atoms with Crippen molar-refractivity contribution >= 4 is 28.0 Å². The van der Waals surface area contributed by atoms with E-state index in [4.69, 9.17) is 9.47 Å². The van der Waals surface area contributed by atoms with Gasteiger partial charge in [-0.25, -0.2) is 22.9 Å². The van der Waals surface area contributed by atoms with Gasteiger partial charge in [0.05, 0.1) is 23.2 Å². The highest BCUT2D eigenvalue weighted by molar-refractivity contribution is 7.92. The van der Waals surface area contributed by atoms with Gasteiger partial charge in [0.15, 0.2) is 0 Å². The molecule has 0 saturated heterocycles. The molecule has 0 spiro atoms. The quantitative estimate of drug-likeness (QED) is 0.338. The number of aromatic nitrogens is 2. The van der Waals surface area contributed by atoms with Gasteiger partial charge in [0, 0.05) is 29.3 Å². The molecule has 1 saturated carbocycles. The van der Waals surface area contributed by atoms with Gasteiger partial charge in [0.25, 0.3) is 15.9 Å². The first kappa shape index (κ1) is 33.2. The monoisotopic (exact) mass is 649 g/mol. The van der Waals surface area contributed by atoms with E-state index in [2.05, 4.69) is 33.9 Å². The minimum absolute atomic E-state index is 0.0523. The molecule has 11 nitrogen and oxygen atoms in total. The van der Waals surface area contributed by atoms with Crippen molar-refractivity contribution in [3.63, 3.8) is 0 Å². The molecule has 1 atom stereocenters. The van der Waals surface area contributed by atoms with E-state index in [0.29, 0.717) is 44.4 Å². The average molecular weight is 650 g/mol. The molecule has 3 aromatic rings. The lowest BCUT2D eigenvalue weighted by Crippen LogP contribution is -2.52. The second kappa shape index (κ2) is 14.1. The van der Waals surface area contributed by atoms with E-state index < -0.39 is 16.1 Å². The summed E-state index contributed by atoms with van der Waals surface area (Å²) >= 11 is 0. The zero-order chi connectivity index (χ0) is 33.0. The Kier molecular flexibility index (Phi) is 10.1. The summed E-state index contributed by atoms with van der Waals surface area (Å²) in [6.07, 6.45) is 2.89. The van der Waals surface area contributed by atoms with Gasteiger partial charge in [-0.2, -0.15) is 4.98 Å². The molecule has 1 aromatic heterocycles. The van der Waals surface area contributed by atoms with Gasteiger partial charge < -0.3 is 19.7 Å². The molecule has 12 heteroatoms. The fourth-order valence-electron chi connectivity index (χ4n) is 6.47. The number of nitrogens with one attached hydrogen (secondary N) is 2. The second-order valence-corrected chi connectivity index (χ2v) is 14.2. The maximum atomic E-state index is 14.4. The predicted molar refractivity (Wildman–Crippen MR) is 175 cm³/mol. The molecular formula is C34H43N5O6S. The first-order valence-corrected chi connectivity index (χ1v) is 17.4. The average Bonchev–Trinajstić information content (AvgIpc) is 3.00. The maximum Gasteiger partial charge on any atom is 0.407 e. The standard InChI is InChI=1S/C34H43N5O6S/c1-6-44-34(41)35-25-13-15-26(16-14-25)39-27(17-21(2)3)20-45-30-19-29(31-22(4)9-7-10-23(31)5)36-33(37-30)38-46(42,43)28-12-8-11-24(18-28)32(39)40/h7-12,18-19,21,25-27H,6,13-17,20H2,1-5H3,(H,35,41)(H,36,37,38)/t25-,26-,27-/m1/s1. The number of rotatable bonds is 6. The lowest BCUT2D eigenvalue weighted by molar-refractivity contribution is 0.0352. The Balaban J connectivity index is 1.57. The second-order valence-electron chi connectivity index (χ2n) is 12.5. The molecule has 1 aliphatic heterocycles. The van der Waals surface area contributed by atoms with Crippen molar-refractivity contribution in [2.24, 2.45) is 5.92 Å². The van der Waals surface area contributed by atoms with Crippen LogP contribution in [0.2, 0.25) is 0 Å². The number of nitrogens with zero attached hydrogens (tertiary/aromatic N) is 3. The topological polar surface area (TPSA) is 140 Å². The minimum atomic E-state index is -4.15. The fraction of sp³-hybridized carbons (Fsp3) is 0.471. The summed E-state index contributed by atoms with van der Waals surface area (Å²) in [7, 11) is -4.15. The van der Waals surface area contributed by atoms with Crippen LogP contribution in [0.15, 0.2) is 53.4 Å². The van der Waals surface area contributed by atoms with Crippen LogP contribution in [0.25, 0.3) is 11.3 Å². The van der Waals surface area contributed by atoms with Gasteiger partial charge in [-0.15, -0.1) is 0 Å². The number of benzene rings is 2. The van der Waals surface area contributed by atoms with Gasteiger partial charge in [-0.1, -0.05) is 38.1 Å². The molecule has 1 aliphatic carbocycles. The van der Waals surface area contributed by atoms with Crippen molar-refractivity contribution in [1.82, 2.24) is 20.2 Å². The largest absolute Gasteiger partial charge is 0.475 e. The summed E-state index contributed by atoms with van der Waals surface area (Å²) < 4.78 is 41.2. The van der Waals surface area contributed by atoms with Gasteiger partial charge in [0.2, 0.25) is 11.8 Å². The van der Waals surface area contributed by atoms with Crippen molar-refractivity contribution in [2.45, 2.75) is 89.7 Å². The fourth-order valence-corrected chi connectivity index (χ4v) is 7.46. The van der Waals surface area contributed by atoms with Crippen LogP contribution >= 0.6 is 0 Å². The molecule has 2 amide bonds. The number of alkyl carbamates (subject to hydrolysis) is 1. The maximum absolute atomic E-state index is 14.4. The Labute approximate surface area is 271 Å². The van der Waals surface area contributed by atoms with E-state index in [1.165, 1.54) is 12.1 Å². The summed E-state index contributed by atoms with van der Waals surface area (Å²) in [4.78, 5) is 37.3. The highest BCUT2D eigenvalue weighted by atomic mass is 32.2. The molecule has 2 N–H and O–H groups in total. The Morgan fingerprint density at radius 2 is 1.76 bits per heavy atom. The number of aryl methyl sites for hydroxylation is 2. The van der Waals surface area contributed by atoms with Crippen molar-refractivity contribution in [1.29, 1.82) is 0 Å². The van der Waals surface area contributed by atoms with Crippen LogP contribution in [0.4, 0.5) is 10.7 Å². The highest BCUT2D eigenvalue weighted by Crippen LogP contribution is 2.32. The molecule has 0 unspecified atom stereocenters. The van der Waals surface area contributed by atoms with Crippen molar-refractivity contribution in [3.8, 4) is 17.1 Å².